The van der Waals surface area contributed by atoms with Crippen molar-refractivity contribution in [2.75, 3.05) is 23.7 Å². The van der Waals surface area contributed by atoms with Gasteiger partial charge in [-0.25, -0.2) is 0 Å². The quantitative estimate of drug-likeness (QED) is 0.419. The van der Waals surface area contributed by atoms with E-state index < -0.39 is 5.97 Å². The minimum absolute atomic E-state index is 0.00162. The third kappa shape index (κ3) is 5.30. The predicted octanol–water partition coefficient (Wildman–Crippen LogP) is 3.92. The Bertz CT molecular complexity index is 1160. The summed E-state index contributed by atoms with van der Waals surface area (Å²) >= 11 is 0. The number of hydrogen-bond donors (Lipinski definition) is 4. The summed E-state index contributed by atoms with van der Waals surface area (Å²) in [6.07, 6.45) is 3.64. The van der Waals surface area contributed by atoms with E-state index in [2.05, 4.69) is 40.0 Å². The number of rotatable bonds is 8. The average molecular weight is 442 g/mol. The van der Waals surface area contributed by atoms with Crippen LogP contribution in [-0.4, -0.2) is 35.2 Å². The number of anilines is 2. The summed E-state index contributed by atoms with van der Waals surface area (Å²) < 4.78 is 0. The molecule has 0 amide bonds. The molecule has 4 N–H and O–H groups in total. The zero-order valence-corrected chi connectivity index (χ0v) is 18.5. The van der Waals surface area contributed by atoms with Crippen molar-refractivity contribution >= 4 is 17.3 Å². The Hall–Kier alpha value is -3.89. The molecule has 0 bridgehead atoms. The first-order valence-corrected chi connectivity index (χ1v) is 11.0. The lowest BCUT2D eigenvalue weighted by molar-refractivity contribution is -0.136. The number of pyridine rings is 1. The van der Waals surface area contributed by atoms with Crippen molar-refractivity contribution in [1.29, 1.82) is 5.26 Å². The van der Waals surface area contributed by atoms with Crippen molar-refractivity contribution < 1.29 is 9.90 Å². The molecular weight excluding hydrogens is 414 g/mol. The number of carbonyl (C=O) groups is 1. The molecule has 0 aliphatic carbocycles. The van der Waals surface area contributed by atoms with E-state index in [1.165, 1.54) is 0 Å². The van der Waals surface area contributed by atoms with Crippen LogP contribution in [0, 0.1) is 11.3 Å². The molecule has 0 saturated carbocycles. The zero-order valence-electron chi connectivity index (χ0n) is 18.5. The van der Waals surface area contributed by atoms with Crippen molar-refractivity contribution in [3.63, 3.8) is 0 Å². The number of para-hydroxylation sites is 1. The average Bonchev–Trinajstić information content (AvgIpc) is 2.84. The molecule has 7 heteroatoms. The number of hydrogen-bond acceptors (Lipinski definition) is 6. The summed E-state index contributed by atoms with van der Waals surface area (Å²) in [5.41, 5.74) is 5.31. The molecule has 7 nitrogen and oxygen atoms in total. The van der Waals surface area contributed by atoms with Crippen LogP contribution in [0.4, 0.5) is 11.4 Å². The van der Waals surface area contributed by atoms with Gasteiger partial charge >= 0.3 is 5.97 Å². The van der Waals surface area contributed by atoms with Crippen LogP contribution < -0.4 is 16.0 Å². The van der Waals surface area contributed by atoms with Crippen LogP contribution in [0.1, 0.15) is 41.1 Å². The molecular formula is C26H27N5O2. The summed E-state index contributed by atoms with van der Waals surface area (Å²) in [5.74, 6) is -0.654. The van der Waals surface area contributed by atoms with Crippen LogP contribution in [0.15, 0.2) is 67.0 Å². The fourth-order valence-corrected chi connectivity index (χ4v) is 4.26. The van der Waals surface area contributed by atoms with Gasteiger partial charge in [-0.15, -0.1) is 0 Å². The number of aromatic nitrogens is 1. The van der Waals surface area contributed by atoms with Gasteiger partial charge in [0.1, 0.15) is 6.07 Å². The minimum atomic E-state index is -0.831. The lowest BCUT2D eigenvalue weighted by Gasteiger charge is -2.35. The third-order valence-corrected chi connectivity index (χ3v) is 5.99. The van der Waals surface area contributed by atoms with Crippen LogP contribution in [0.5, 0.6) is 0 Å². The summed E-state index contributed by atoms with van der Waals surface area (Å²) in [7, 11) is 0. The number of nitrogens with zero attached hydrogens (tertiary/aromatic N) is 2. The van der Waals surface area contributed by atoms with E-state index >= 15 is 0 Å². The smallest absolute Gasteiger partial charge is 0.307 e. The predicted molar refractivity (Wildman–Crippen MR) is 128 cm³/mol. The third-order valence-electron chi connectivity index (χ3n) is 5.99. The maximum Gasteiger partial charge on any atom is 0.307 e. The number of carboxylic acid groups (broad SMARTS) is 1. The van der Waals surface area contributed by atoms with Gasteiger partial charge in [-0.3, -0.25) is 9.78 Å². The van der Waals surface area contributed by atoms with Crippen molar-refractivity contribution in [2.24, 2.45) is 0 Å². The van der Waals surface area contributed by atoms with E-state index in [1.807, 2.05) is 54.7 Å². The molecule has 0 unspecified atom stereocenters. The van der Waals surface area contributed by atoms with E-state index in [-0.39, 0.29) is 24.4 Å². The van der Waals surface area contributed by atoms with Gasteiger partial charge in [-0.05, 0) is 40.8 Å². The molecule has 0 saturated heterocycles. The van der Waals surface area contributed by atoms with Crippen LogP contribution in [0.3, 0.4) is 0 Å². The van der Waals surface area contributed by atoms with Gasteiger partial charge in [0.15, 0.2) is 0 Å². The maximum atomic E-state index is 11.1. The Morgan fingerprint density at radius 2 is 2.06 bits per heavy atom. The molecule has 168 valence electrons. The van der Waals surface area contributed by atoms with E-state index in [0.29, 0.717) is 18.7 Å². The van der Waals surface area contributed by atoms with Crippen LogP contribution in [0.2, 0.25) is 0 Å². The fraction of sp³-hybridized carbons (Fsp3) is 0.269. The first kappa shape index (κ1) is 22.3. The van der Waals surface area contributed by atoms with Crippen LogP contribution in [0.25, 0.3) is 0 Å². The van der Waals surface area contributed by atoms with Crippen molar-refractivity contribution in [3.8, 4) is 6.07 Å². The normalized spacial score (nSPS) is 16.4. The highest BCUT2D eigenvalue weighted by molar-refractivity contribution is 5.77. The Morgan fingerprint density at radius 3 is 2.82 bits per heavy atom. The lowest BCUT2D eigenvalue weighted by Crippen LogP contribution is -2.45. The maximum absolute atomic E-state index is 11.1. The van der Waals surface area contributed by atoms with Crippen molar-refractivity contribution in [1.82, 2.24) is 10.3 Å². The lowest BCUT2D eigenvalue weighted by atomic mass is 9.94. The molecule has 0 fully saturated rings. The topological polar surface area (TPSA) is 110 Å². The number of fused-ring (bicyclic) bond motifs is 1. The second-order valence-corrected chi connectivity index (χ2v) is 8.36. The standard InChI is InChI=1S/C26H27N5O2/c1-17(19-6-2-5-18(11-19)12-24(32)33)14-30-25(21-8-4-10-28-15-21)23-16-29-22-9-3-7-20(13-27)26(22)31-23/h2-11,15,17,23,25,29-31H,12,14,16H2,1H3,(H,32,33)/t17-,23+,25+/m0/s1. The van der Waals surface area contributed by atoms with E-state index in [0.717, 1.165) is 28.1 Å². The second-order valence-electron chi connectivity index (χ2n) is 8.36. The van der Waals surface area contributed by atoms with Crippen LogP contribution >= 0.6 is 0 Å². The summed E-state index contributed by atoms with van der Waals surface area (Å²) in [4.78, 5) is 15.4. The minimum Gasteiger partial charge on any atom is -0.481 e. The molecule has 1 aromatic heterocycles. The number of carboxylic acids is 1. The molecule has 2 heterocycles. The van der Waals surface area contributed by atoms with E-state index in [9.17, 15) is 10.1 Å². The molecule has 3 aromatic rings. The summed E-state index contributed by atoms with van der Waals surface area (Å²) in [5, 5.41) is 29.3. The van der Waals surface area contributed by atoms with Gasteiger partial charge in [-0.1, -0.05) is 43.3 Å². The molecule has 33 heavy (non-hydrogen) atoms. The van der Waals surface area contributed by atoms with E-state index in [1.54, 1.807) is 6.20 Å². The SMILES string of the molecule is C[C@@H](CN[C@H](c1cccnc1)[C@H]1CNc2cccc(C#N)c2N1)c1cccc(CC(=O)O)c1. The number of aliphatic carboxylic acids is 1. The molecule has 3 atom stereocenters. The molecule has 1 aliphatic rings. The molecule has 2 aromatic carbocycles. The Labute approximate surface area is 193 Å². The Kier molecular flexibility index (Phi) is 6.86. The van der Waals surface area contributed by atoms with Crippen molar-refractivity contribution in [2.45, 2.75) is 31.3 Å². The van der Waals surface area contributed by atoms with Gasteiger partial charge in [0, 0.05) is 25.5 Å². The Morgan fingerprint density at radius 1 is 1.24 bits per heavy atom. The molecule has 0 spiro atoms. The second kappa shape index (κ2) is 10.2. The molecule has 4 rings (SSSR count). The highest BCUT2D eigenvalue weighted by Gasteiger charge is 2.28. The fourth-order valence-electron chi connectivity index (χ4n) is 4.26. The molecule has 0 radical (unpaired) electrons. The van der Waals surface area contributed by atoms with Gasteiger partial charge < -0.3 is 21.1 Å². The first-order chi connectivity index (χ1) is 16.0. The summed E-state index contributed by atoms with van der Waals surface area (Å²) in [6, 6.07) is 19.6. The number of nitriles is 1. The van der Waals surface area contributed by atoms with Gasteiger partial charge in [0.2, 0.25) is 0 Å². The van der Waals surface area contributed by atoms with Crippen molar-refractivity contribution in [3.05, 3.63) is 89.2 Å². The number of benzene rings is 2. The largest absolute Gasteiger partial charge is 0.481 e. The highest BCUT2D eigenvalue weighted by Crippen LogP contribution is 2.33. The van der Waals surface area contributed by atoms with Gasteiger partial charge in [0.25, 0.3) is 0 Å². The highest BCUT2D eigenvalue weighted by atomic mass is 16.4. The van der Waals surface area contributed by atoms with Gasteiger partial charge in [-0.2, -0.15) is 5.26 Å². The summed E-state index contributed by atoms with van der Waals surface area (Å²) in [6.45, 7) is 3.51. The Balaban J connectivity index is 1.53. The number of nitrogens with one attached hydrogen (secondary N) is 3. The van der Waals surface area contributed by atoms with E-state index in [4.69, 9.17) is 5.11 Å². The monoisotopic (exact) mass is 441 g/mol. The van der Waals surface area contributed by atoms with Crippen LogP contribution in [-0.2, 0) is 11.2 Å². The van der Waals surface area contributed by atoms with Gasteiger partial charge in [0.05, 0.1) is 35.4 Å². The molecule has 1 aliphatic heterocycles. The first-order valence-electron chi connectivity index (χ1n) is 11.0. The zero-order chi connectivity index (χ0) is 23.2.